The zero-order valence-electron chi connectivity index (χ0n) is 21.0. The van der Waals surface area contributed by atoms with Gasteiger partial charge in [0.1, 0.15) is 24.4 Å². The maximum Gasteiger partial charge on any atom is 0.411 e. The molecular weight excluding hydrogens is 490 g/mol. The predicted molar refractivity (Wildman–Crippen MR) is 141 cm³/mol. The van der Waals surface area contributed by atoms with E-state index in [1.165, 1.54) is 17.5 Å². The van der Waals surface area contributed by atoms with Crippen molar-refractivity contribution in [2.45, 2.75) is 45.3 Å². The summed E-state index contributed by atoms with van der Waals surface area (Å²) in [5.41, 5.74) is 4.48. The van der Waals surface area contributed by atoms with E-state index in [-0.39, 0.29) is 30.7 Å². The molecule has 1 amide bonds. The second kappa shape index (κ2) is 11.1. The summed E-state index contributed by atoms with van der Waals surface area (Å²) in [6.45, 7) is 5.82. The molecule has 37 heavy (non-hydrogen) atoms. The van der Waals surface area contributed by atoms with Crippen LogP contribution in [0.1, 0.15) is 38.3 Å². The SMILES string of the molecule is CC#CCOC(=O)N1CCC2=C(NC3C2=CC(Cl)=C[C@@H]3C)C1c1ccc(OCCCn2cncn2)cc1. The van der Waals surface area contributed by atoms with Crippen molar-refractivity contribution in [2.24, 2.45) is 5.92 Å². The fraction of sp³-hybridized carbons (Fsp3) is 0.393. The summed E-state index contributed by atoms with van der Waals surface area (Å²) >= 11 is 6.43. The number of benzene rings is 1. The topological polar surface area (TPSA) is 81.5 Å². The molecule has 0 spiro atoms. The summed E-state index contributed by atoms with van der Waals surface area (Å²) in [4.78, 5) is 18.9. The minimum absolute atomic E-state index is 0.0730. The van der Waals surface area contributed by atoms with Gasteiger partial charge in [0.15, 0.2) is 6.61 Å². The number of aryl methyl sites for hydroxylation is 1. The lowest BCUT2D eigenvalue weighted by Crippen LogP contribution is -2.42. The van der Waals surface area contributed by atoms with E-state index in [0.29, 0.717) is 13.2 Å². The fourth-order valence-corrected chi connectivity index (χ4v) is 5.47. The second-order valence-electron chi connectivity index (χ2n) is 9.28. The molecule has 3 atom stereocenters. The number of carbonyl (C=O) groups is 1. The molecule has 2 unspecified atom stereocenters. The molecular formula is C28H30ClN5O3. The summed E-state index contributed by atoms with van der Waals surface area (Å²) in [6, 6.07) is 7.79. The Morgan fingerprint density at radius 1 is 1.30 bits per heavy atom. The third kappa shape index (κ3) is 5.37. The first-order valence-electron chi connectivity index (χ1n) is 12.5. The number of carbonyl (C=O) groups excluding carboxylic acids is 1. The van der Waals surface area contributed by atoms with Crippen molar-refractivity contribution in [1.29, 1.82) is 0 Å². The smallest absolute Gasteiger partial charge is 0.411 e. The van der Waals surface area contributed by atoms with E-state index in [9.17, 15) is 4.79 Å². The molecule has 1 N–H and O–H groups in total. The van der Waals surface area contributed by atoms with E-state index in [4.69, 9.17) is 21.1 Å². The third-order valence-electron chi connectivity index (χ3n) is 6.89. The van der Waals surface area contributed by atoms with Crippen LogP contribution in [0, 0.1) is 17.8 Å². The third-order valence-corrected chi connectivity index (χ3v) is 7.13. The number of hydrogen-bond donors (Lipinski definition) is 1. The molecule has 0 fully saturated rings. The molecule has 2 aliphatic heterocycles. The van der Waals surface area contributed by atoms with Gasteiger partial charge in [0.05, 0.1) is 12.6 Å². The molecule has 3 aliphatic rings. The molecule has 2 aromatic rings. The Morgan fingerprint density at radius 2 is 2.14 bits per heavy atom. The van der Waals surface area contributed by atoms with E-state index < -0.39 is 0 Å². The van der Waals surface area contributed by atoms with Crippen LogP contribution in [0.4, 0.5) is 4.79 Å². The quantitative estimate of drug-likeness (QED) is 0.426. The van der Waals surface area contributed by atoms with E-state index >= 15 is 0 Å². The molecule has 0 saturated carbocycles. The Kier molecular flexibility index (Phi) is 7.52. The first kappa shape index (κ1) is 25.0. The Bertz CT molecular complexity index is 1290. The molecule has 0 saturated heterocycles. The van der Waals surface area contributed by atoms with Crippen molar-refractivity contribution in [3.05, 3.63) is 76.5 Å². The summed E-state index contributed by atoms with van der Waals surface area (Å²) in [5.74, 6) is 6.60. The monoisotopic (exact) mass is 519 g/mol. The Balaban J connectivity index is 1.36. The molecule has 3 heterocycles. The standard InChI is InChI=1S/C28H30ClN5O3/c1-3-4-13-37-28(35)34-12-10-23-24-16-21(29)15-19(2)25(24)32-26(23)27(34)20-6-8-22(9-7-20)36-14-5-11-33-18-30-17-31-33/h6-9,15-19,25,27,32H,5,10-14H2,1-2H3/t19-,25?,27?/m0/s1. The zero-order chi connectivity index (χ0) is 25.8. The minimum atomic E-state index is -0.373. The number of nitrogens with zero attached hydrogens (tertiary/aromatic N) is 4. The van der Waals surface area contributed by atoms with Gasteiger partial charge in [0.25, 0.3) is 0 Å². The van der Waals surface area contributed by atoms with Gasteiger partial charge in [-0.05, 0) is 48.3 Å². The van der Waals surface area contributed by atoms with Gasteiger partial charge < -0.3 is 14.8 Å². The van der Waals surface area contributed by atoms with Gasteiger partial charge in [0.2, 0.25) is 0 Å². The highest BCUT2D eigenvalue weighted by atomic mass is 35.5. The highest BCUT2D eigenvalue weighted by Crippen LogP contribution is 2.45. The summed E-state index contributed by atoms with van der Waals surface area (Å²) in [5, 5.41) is 8.59. The normalized spacial score (nSPS) is 22.1. The highest BCUT2D eigenvalue weighted by molar-refractivity contribution is 6.31. The average Bonchev–Trinajstić information content (AvgIpc) is 3.55. The van der Waals surface area contributed by atoms with E-state index in [1.54, 1.807) is 22.8 Å². The first-order valence-corrected chi connectivity index (χ1v) is 12.9. The van der Waals surface area contributed by atoms with Gasteiger partial charge in [-0.1, -0.05) is 42.7 Å². The largest absolute Gasteiger partial charge is 0.494 e. The maximum absolute atomic E-state index is 13.1. The van der Waals surface area contributed by atoms with Crippen LogP contribution in [0.5, 0.6) is 5.75 Å². The molecule has 5 rings (SSSR count). The van der Waals surface area contributed by atoms with Crippen molar-refractivity contribution in [3.8, 4) is 17.6 Å². The van der Waals surface area contributed by atoms with E-state index in [2.05, 4.69) is 46.3 Å². The van der Waals surface area contributed by atoms with Crippen LogP contribution in [-0.4, -0.2) is 51.6 Å². The zero-order valence-corrected chi connectivity index (χ0v) is 21.7. The summed E-state index contributed by atoms with van der Waals surface area (Å²) in [6.07, 6.45) is 8.53. The fourth-order valence-electron chi connectivity index (χ4n) is 5.16. The van der Waals surface area contributed by atoms with Gasteiger partial charge in [-0.2, -0.15) is 5.10 Å². The number of rotatable bonds is 7. The van der Waals surface area contributed by atoms with Crippen LogP contribution >= 0.6 is 11.6 Å². The molecule has 9 heteroatoms. The maximum atomic E-state index is 13.1. The van der Waals surface area contributed by atoms with E-state index in [0.717, 1.165) is 41.4 Å². The van der Waals surface area contributed by atoms with Gasteiger partial charge in [-0.3, -0.25) is 9.58 Å². The lowest BCUT2D eigenvalue weighted by atomic mass is 9.85. The average molecular weight is 520 g/mol. The number of ether oxygens (including phenoxy) is 2. The van der Waals surface area contributed by atoms with Crippen LogP contribution in [0.25, 0.3) is 0 Å². The first-order chi connectivity index (χ1) is 18.0. The molecule has 0 radical (unpaired) electrons. The molecule has 8 nitrogen and oxygen atoms in total. The van der Waals surface area contributed by atoms with E-state index in [1.807, 2.05) is 24.3 Å². The predicted octanol–water partition coefficient (Wildman–Crippen LogP) is 4.58. The lowest BCUT2D eigenvalue weighted by Gasteiger charge is -2.36. The van der Waals surface area contributed by atoms with Crippen molar-refractivity contribution >= 4 is 17.7 Å². The van der Waals surface area contributed by atoms with Crippen LogP contribution in [0.15, 0.2) is 70.9 Å². The molecule has 1 aliphatic carbocycles. The number of nitrogens with one attached hydrogen (secondary N) is 1. The Hall–Kier alpha value is -3.70. The van der Waals surface area contributed by atoms with Crippen molar-refractivity contribution in [1.82, 2.24) is 25.0 Å². The Morgan fingerprint density at radius 3 is 2.89 bits per heavy atom. The minimum Gasteiger partial charge on any atom is -0.494 e. The van der Waals surface area contributed by atoms with Gasteiger partial charge in [0, 0.05) is 36.2 Å². The number of allylic oxidation sites excluding steroid dienone is 2. The van der Waals surface area contributed by atoms with Crippen molar-refractivity contribution < 1.29 is 14.3 Å². The number of halogens is 1. The van der Waals surface area contributed by atoms with Gasteiger partial charge in [-0.25, -0.2) is 9.78 Å². The summed E-state index contributed by atoms with van der Waals surface area (Å²) < 4.78 is 13.2. The lowest BCUT2D eigenvalue weighted by molar-refractivity contribution is 0.0983. The second-order valence-corrected chi connectivity index (χ2v) is 9.72. The van der Waals surface area contributed by atoms with Crippen molar-refractivity contribution in [2.75, 3.05) is 19.8 Å². The number of amides is 1. The van der Waals surface area contributed by atoms with Crippen LogP contribution in [0.3, 0.4) is 0 Å². The van der Waals surface area contributed by atoms with Gasteiger partial charge >= 0.3 is 6.09 Å². The van der Waals surface area contributed by atoms with Crippen molar-refractivity contribution in [3.63, 3.8) is 0 Å². The summed E-state index contributed by atoms with van der Waals surface area (Å²) in [7, 11) is 0. The molecule has 192 valence electrons. The van der Waals surface area contributed by atoms with Crippen LogP contribution < -0.4 is 10.1 Å². The van der Waals surface area contributed by atoms with Crippen LogP contribution in [0.2, 0.25) is 0 Å². The Labute approximate surface area is 222 Å². The molecule has 1 aromatic carbocycles. The number of hydrogen-bond acceptors (Lipinski definition) is 6. The van der Waals surface area contributed by atoms with Crippen LogP contribution in [-0.2, 0) is 11.3 Å². The molecule has 0 bridgehead atoms. The molecule has 1 aromatic heterocycles. The number of fused-ring (bicyclic) bond motifs is 2. The van der Waals surface area contributed by atoms with Gasteiger partial charge in [-0.15, -0.1) is 5.92 Å². The number of aromatic nitrogens is 3. The highest BCUT2D eigenvalue weighted by Gasteiger charge is 2.43.